The molecule has 3 rings (SSSR count). The summed E-state index contributed by atoms with van der Waals surface area (Å²) in [7, 11) is 2.16. The molecule has 1 heterocycles. The Balaban J connectivity index is 1.47. The summed E-state index contributed by atoms with van der Waals surface area (Å²) in [6, 6.07) is 13.3. The summed E-state index contributed by atoms with van der Waals surface area (Å²) in [6.07, 6.45) is 0.670. The second-order valence-electron chi connectivity index (χ2n) is 7.02. The van der Waals surface area contributed by atoms with Crippen molar-refractivity contribution in [2.45, 2.75) is 13.0 Å². The van der Waals surface area contributed by atoms with Crippen LogP contribution in [0.25, 0.3) is 0 Å². The highest BCUT2D eigenvalue weighted by Crippen LogP contribution is 2.21. The molecule has 0 bridgehead atoms. The molecule has 1 N–H and O–H groups in total. The van der Waals surface area contributed by atoms with Crippen LogP contribution >= 0.6 is 23.2 Å². The first kappa shape index (κ1) is 20.2. The van der Waals surface area contributed by atoms with Crippen LogP contribution < -0.4 is 5.32 Å². The second-order valence-corrected chi connectivity index (χ2v) is 7.86. The van der Waals surface area contributed by atoms with E-state index in [-0.39, 0.29) is 5.91 Å². The maximum absolute atomic E-state index is 12.3. The van der Waals surface area contributed by atoms with Gasteiger partial charge in [0, 0.05) is 54.9 Å². The minimum atomic E-state index is -0.0637. The van der Waals surface area contributed by atoms with Gasteiger partial charge < -0.3 is 10.2 Å². The van der Waals surface area contributed by atoms with E-state index in [1.165, 1.54) is 5.56 Å². The molecule has 2 aromatic carbocycles. The zero-order valence-electron chi connectivity index (χ0n) is 15.5. The number of nitrogens with one attached hydrogen (secondary N) is 1. The molecule has 0 aliphatic carbocycles. The van der Waals surface area contributed by atoms with Gasteiger partial charge in [0.15, 0.2) is 0 Å². The predicted octanol–water partition coefficient (Wildman–Crippen LogP) is 3.71. The van der Waals surface area contributed by atoms with Gasteiger partial charge in [-0.15, -0.1) is 0 Å². The van der Waals surface area contributed by atoms with E-state index in [2.05, 4.69) is 22.2 Å². The third-order valence-corrected chi connectivity index (χ3v) is 5.50. The van der Waals surface area contributed by atoms with Crippen molar-refractivity contribution in [1.29, 1.82) is 0 Å². The highest BCUT2D eigenvalue weighted by atomic mass is 35.5. The first-order valence-electron chi connectivity index (χ1n) is 9.23. The Kier molecular flexibility index (Phi) is 7.13. The normalized spacial score (nSPS) is 15.7. The molecule has 1 aliphatic rings. The molecule has 0 aromatic heterocycles. The molecule has 4 nitrogen and oxygen atoms in total. The molecular formula is C21H25Cl2N3O. The molecule has 1 saturated heterocycles. The van der Waals surface area contributed by atoms with Crippen molar-refractivity contribution in [3.63, 3.8) is 0 Å². The van der Waals surface area contributed by atoms with E-state index in [0.717, 1.165) is 38.3 Å². The van der Waals surface area contributed by atoms with Crippen LogP contribution in [0.2, 0.25) is 10.0 Å². The third kappa shape index (κ3) is 5.94. The minimum absolute atomic E-state index is 0.0637. The number of likely N-dealkylation sites (N-methyl/N-ethyl adjacent to an activating group) is 1. The number of rotatable bonds is 6. The SMILES string of the molecule is CN1CCN(Cc2ccc(C(=O)NCCc3ccc(Cl)cc3Cl)cc2)CC1. The van der Waals surface area contributed by atoms with Crippen molar-refractivity contribution in [2.24, 2.45) is 0 Å². The van der Waals surface area contributed by atoms with E-state index in [1.54, 1.807) is 6.07 Å². The molecular weight excluding hydrogens is 381 g/mol. The van der Waals surface area contributed by atoms with Crippen LogP contribution in [0.5, 0.6) is 0 Å². The summed E-state index contributed by atoms with van der Waals surface area (Å²) in [5.74, 6) is -0.0637. The lowest BCUT2D eigenvalue weighted by Gasteiger charge is -2.32. The van der Waals surface area contributed by atoms with Crippen molar-refractivity contribution in [3.05, 3.63) is 69.2 Å². The average Bonchev–Trinajstić information content (AvgIpc) is 2.66. The third-order valence-electron chi connectivity index (χ3n) is 4.91. The smallest absolute Gasteiger partial charge is 0.251 e. The number of hydrogen-bond donors (Lipinski definition) is 1. The molecule has 2 aromatic rings. The zero-order valence-corrected chi connectivity index (χ0v) is 17.1. The Morgan fingerprint density at radius 2 is 1.74 bits per heavy atom. The number of carbonyl (C=O) groups excluding carboxylic acids is 1. The van der Waals surface area contributed by atoms with Gasteiger partial charge in [0.1, 0.15) is 0 Å². The van der Waals surface area contributed by atoms with Crippen LogP contribution in [0.1, 0.15) is 21.5 Å². The van der Waals surface area contributed by atoms with Crippen molar-refractivity contribution >= 4 is 29.1 Å². The van der Waals surface area contributed by atoms with Crippen LogP contribution in [-0.2, 0) is 13.0 Å². The van der Waals surface area contributed by atoms with Gasteiger partial charge in [-0.1, -0.05) is 41.4 Å². The standard InChI is InChI=1S/C21H25Cl2N3O/c1-25-10-12-26(13-11-25)15-16-2-4-18(5-3-16)21(27)24-9-8-17-6-7-19(22)14-20(17)23/h2-7,14H,8-13,15H2,1H3,(H,24,27). The fourth-order valence-electron chi connectivity index (χ4n) is 3.16. The molecule has 27 heavy (non-hydrogen) atoms. The van der Waals surface area contributed by atoms with Gasteiger partial charge in [0.2, 0.25) is 0 Å². The Labute approximate surface area is 171 Å². The Morgan fingerprint density at radius 1 is 1.04 bits per heavy atom. The Bertz CT molecular complexity index is 771. The van der Waals surface area contributed by atoms with Gasteiger partial charge in [-0.25, -0.2) is 0 Å². The van der Waals surface area contributed by atoms with Crippen LogP contribution in [0, 0.1) is 0 Å². The Morgan fingerprint density at radius 3 is 2.41 bits per heavy atom. The maximum Gasteiger partial charge on any atom is 0.251 e. The summed E-state index contributed by atoms with van der Waals surface area (Å²) < 4.78 is 0. The molecule has 0 unspecified atom stereocenters. The number of carbonyl (C=O) groups is 1. The number of amides is 1. The quantitative estimate of drug-likeness (QED) is 0.795. The van der Waals surface area contributed by atoms with E-state index in [1.807, 2.05) is 36.4 Å². The first-order valence-corrected chi connectivity index (χ1v) is 9.99. The molecule has 0 atom stereocenters. The van der Waals surface area contributed by atoms with Crippen LogP contribution in [0.3, 0.4) is 0 Å². The second kappa shape index (κ2) is 9.56. The van der Waals surface area contributed by atoms with E-state index < -0.39 is 0 Å². The van der Waals surface area contributed by atoms with Crippen LogP contribution in [-0.4, -0.2) is 55.5 Å². The van der Waals surface area contributed by atoms with Crippen LogP contribution in [0.4, 0.5) is 0 Å². The van der Waals surface area contributed by atoms with Gasteiger partial charge in [-0.05, 0) is 48.9 Å². The molecule has 0 saturated carbocycles. The van der Waals surface area contributed by atoms with E-state index in [0.29, 0.717) is 28.6 Å². The van der Waals surface area contributed by atoms with E-state index in [9.17, 15) is 4.79 Å². The lowest BCUT2D eigenvalue weighted by Crippen LogP contribution is -2.43. The van der Waals surface area contributed by atoms with E-state index in [4.69, 9.17) is 23.2 Å². The van der Waals surface area contributed by atoms with Gasteiger partial charge in [0.25, 0.3) is 5.91 Å². The predicted molar refractivity (Wildman–Crippen MR) is 112 cm³/mol. The molecule has 6 heteroatoms. The topological polar surface area (TPSA) is 35.6 Å². The van der Waals surface area contributed by atoms with Crippen molar-refractivity contribution in [2.75, 3.05) is 39.8 Å². The first-order chi connectivity index (χ1) is 13.0. The van der Waals surface area contributed by atoms with Gasteiger partial charge in [-0.2, -0.15) is 0 Å². The monoisotopic (exact) mass is 405 g/mol. The average molecular weight is 406 g/mol. The summed E-state index contributed by atoms with van der Waals surface area (Å²) >= 11 is 12.1. The molecule has 1 fully saturated rings. The van der Waals surface area contributed by atoms with Crippen molar-refractivity contribution in [1.82, 2.24) is 15.1 Å². The van der Waals surface area contributed by atoms with Crippen molar-refractivity contribution < 1.29 is 4.79 Å². The lowest BCUT2D eigenvalue weighted by molar-refractivity contribution is 0.0954. The number of nitrogens with zero attached hydrogens (tertiary/aromatic N) is 2. The summed E-state index contributed by atoms with van der Waals surface area (Å²) in [4.78, 5) is 17.1. The summed E-state index contributed by atoms with van der Waals surface area (Å²) in [5.41, 5.74) is 2.90. The van der Waals surface area contributed by atoms with Crippen LogP contribution in [0.15, 0.2) is 42.5 Å². The van der Waals surface area contributed by atoms with Gasteiger partial charge in [-0.3, -0.25) is 9.69 Å². The summed E-state index contributed by atoms with van der Waals surface area (Å²) in [5, 5.41) is 4.19. The summed E-state index contributed by atoms with van der Waals surface area (Å²) in [6.45, 7) is 5.86. The zero-order chi connectivity index (χ0) is 19.2. The molecule has 1 aliphatic heterocycles. The molecule has 144 valence electrons. The number of hydrogen-bond acceptors (Lipinski definition) is 3. The molecule has 1 amide bonds. The molecule has 0 spiro atoms. The minimum Gasteiger partial charge on any atom is -0.352 e. The highest BCUT2D eigenvalue weighted by molar-refractivity contribution is 6.35. The highest BCUT2D eigenvalue weighted by Gasteiger charge is 2.14. The molecule has 0 radical (unpaired) electrons. The number of piperazine rings is 1. The van der Waals surface area contributed by atoms with Gasteiger partial charge in [0.05, 0.1) is 0 Å². The number of halogens is 2. The fraction of sp³-hybridized carbons (Fsp3) is 0.381. The van der Waals surface area contributed by atoms with E-state index >= 15 is 0 Å². The number of benzene rings is 2. The largest absolute Gasteiger partial charge is 0.352 e. The van der Waals surface area contributed by atoms with Crippen molar-refractivity contribution in [3.8, 4) is 0 Å². The van der Waals surface area contributed by atoms with Gasteiger partial charge >= 0.3 is 0 Å². The lowest BCUT2D eigenvalue weighted by atomic mass is 10.1. The maximum atomic E-state index is 12.3. The fourth-order valence-corrected chi connectivity index (χ4v) is 3.67. The Hall–Kier alpha value is -1.59.